The number of pyridine rings is 1. The van der Waals surface area contributed by atoms with Crippen LogP contribution in [0.1, 0.15) is 49.4 Å². The summed E-state index contributed by atoms with van der Waals surface area (Å²) in [7, 11) is 0. The lowest BCUT2D eigenvalue weighted by atomic mass is 9.98. The fourth-order valence-corrected chi connectivity index (χ4v) is 5.25. The molecule has 9 heteroatoms. The van der Waals surface area contributed by atoms with Crippen molar-refractivity contribution in [3.63, 3.8) is 0 Å². The van der Waals surface area contributed by atoms with Crippen molar-refractivity contribution in [2.24, 2.45) is 0 Å². The number of aromatic nitrogens is 3. The number of fused-ring (bicyclic) bond motifs is 1. The molecule has 3 heterocycles. The molecule has 1 spiro atoms. The van der Waals surface area contributed by atoms with Crippen LogP contribution in [0, 0.1) is 11.3 Å². The maximum atomic E-state index is 10.9. The lowest BCUT2D eigenvalue weighted by molar-refractivity contribution is 0.0307. The highest BCUT2D eigenvalue weighted by molar-refractivity contribution is 5.65. The zero-order valence-electron chi connectivity index (χ0n) is 20.4. The fraction of sp³-hybridized carbons (Fsp3) is 0.407. The largest absolute Gasteiger partial charge is 0.384 e. The number of nitriles is 1. The number of nitrogens with zero attached hydrogens (tertiary/aromatic N) is 5. The molecule has 1 aromatic carbocycles. The first kappa shape index (κ1) is 22.7. The van der Waals surface area contributed by atoms with E-state index in [1.54, 1.807) is 0 Å². The Balaban J connectivity index is 1.19. The molecule has 2 aliphatic carbocycles. The monoisotopic (exact) mass is 482 g/mol. The highest BCUT2D eigenvalue weighted by Crippen LogP contribution is 2.40. The molecular formula is C27H30N8O. The number of piperazine rings is 1. The lowest BCUT2D eigenvalue weighted by Crippen LogP contribution is -2.52. The summed E-state index contributed by atoms with van der Waals surface area (Å²) in [6, 6.07) is 14.3. The Kier molecular flexibility index (Phi) is 5.51. The molecular weight excluding hydrogens is 452 g/mol. The molecule has 0 amide bonds. The maximum Gasteiger partial charge on any atom is 0.229 e. The minimum Gasteiger partial charge on any atom is -0.384 e. The van der Waals surface area contributed by atoms with Gasteiger partial charge in [0.15, 0.2) is 5.82 Å². The second-order valence-corrected chi connectivity index (χ2v) is 10.1. The van der Waals surface area contributed by atoms with Gasteiger partial charge in [-0.15, -0.1) is 0 Å². The van der Waals surface area contributed by atoms with Crippen LogP contribution in [0.15, 0.2) is 42.6 Å². The topological polar surface area (TPSA) is 122 Å². The number of nitrogens with one attached hydrogen (secondary N) is 3. The Bertz CT molecular complexity index is 1330. The van der Waals surface area contributed by atoms with Crippen molar-refractivity contribution in [2.75, 3.05) is 35.2 Å². The van der Waals surface area contributed by atoms with E-state index in [1.165, 1.54) is 24.7 Å². The number of aryl methyl sites for hydroxylation is 1. The summed E-state index contributed by atoms with van der Waals surface area (Å²) in [5.74, 6) is 1.29. The van der Waals surface area contributed by atoms with Gasteiger partial charge in [-0.25, -0.2) is 9.97 Å². The third-order valence-electron chi connectivity index (χ3n) is 7.69. The van der Waals surface area contributed by atoms with E-state index in [9.17, 15) is 10.4 Å². The van der Waals surface area contributed by atoms with Gasteiger partial charge in [-0.3, -0.25) is 0 Å². The van der Waals surface area contributed by atoms with Gasteiger partial charge in [0.1, 0.15) is 23.1 Å². The van der Waals surface area contributed by atoms with Crippen molar-refractivity contribution in [1.29, 1.82) is 5.26 Å². The Hall–Kier alpha value is -3.74. The van der Waals surface area contributed by atoms with E-state index in [1.807, 2.05) is 31.2 Å². The zero-order valence-corrected chi connectivity index (χ0v) is 20.4. The van der Waals surface area contributed by atoms with Gasteiger partial charge in [-0.05, 0) is 68.0 Å². The Morgan fingerprint density at radius 3 is 2.69 bits per heavy atom. The van der Waals surface area contributed by atoms with E-state index in [-0.39, 0.29) is 0 Å². The molecule has 3 aliphatic rings. The standard InChI is InChI=1S/C27H30N8O/c1-2-27(36)10-9-18-3-8-22(32-23(18)27)33-24-19(15-28)16-29-25(34-24)31-20-4-6-21(7-5-20)35-14-13-30-26(17-35)11-12-26/h3-8,16,30,36H,2,9-14,17H2,1H3,(H2,29,31,32,33,34). The lowest BCUT2D eigenvalue weighted by Gasteiger charge is -2.35. The normalized spacial score (nSPS) is 21.6. The summed E-state index contributed by atoms with van der Waals surface area (Å²) in [6.07, 6.45) is 6.11. The van der Waals surface area contributed by atoms with Crippen molar-refractivity contribution in [3.05, 3.63) is 59.4 Å². The van der Waals surface area contributed by atoms with Gasteiger partial charge in [0.05, 0.1) is 11.9 Å². The predicted octanol–water partition coefficient (Wildman–Crippen LogP) is 3.72. The van der Waals surface area contributed by atoms with Crippen molar-refractivity contribution in [3.8, 4) is 6.07 Å². The quantitative estimate of drug-likeness (QED) is 0.416. The van der Waals surface area contributed by atoms with E-state index >= 15 is 0 Å². The number of hydrogen-bond donors (Lipinski definition) is 4. The molecule has 6 rings (SSSR count). The minimum absolute atomic E-state index is 0.316. The summed E-state index contributed by atoms with van der Waals surface area (Å²) >= 11 is 0. The molecule has 36 heavy (non-hydrogen) atoms. The molecule has 4 N–H and O–H groups in total. The van der Waals surface area contributed by atoms with Crippen LogP contribution in [0.25, 0.3) is 0 Å². The third kappa shape index (κ3) is 4.23. The smallest absolute Gasteiger partial charge is 0.229 e. The van der Waals surface area contributed by atoms with Gasteiger partial charge in [0.25, 0.3) is 0 Å². The first-order chi connectivity index (χ1) is 17.5. The minimum atomic E-state index is -0.903. The van der Waals surface area contributed by atoms with Crippen molar-refractivity contribution >= 4 is 29.0 Å². The molecule has 1 unspecified atom stereocenters. The van der Waals surface area contributed by atoms with Gasteiger partial charge in [-0.1, -0.05) is 13.0 Å². The zero-order chi connectivity index (χ0) is 24.8. The molecule has 1 atom stereocenters. The van der Waals surface area contributed by atoms with E-state index in [2.05, 4.69) is 54.0 Å². The van der Waals surface area contributed by atoms with Gasteiger partial charge in [0.2, 0.25) is 5.95 Å². The Morgan fingerprint density at radius 2 is 1.94 bits per heavy atom. The van der Waals surface area contributed by atoms with Crippen LogP contribution in [-0.2, 0) is 12.0 Å². The molecule has 1 saturated carbocycles. The predicted molar refractivity (Wildman–Crippen MR) is 139 cm³/mol. The van der Waals surface area contributed by atoms with Crippen molar-refractivity contribution < 1.29 is 5.11 Å². The van der Waals surface area contributed by atoms with Gasteiger partial charge in [-0.2, -0.15) is 10.2 Å². The van der Waals surface area contributed by atoms with Gasteiger partial charge < -0.3 is 26.0 Å². The molecule has 3 aromatic rings. The number of rotatable bonds is 6. The van der Waals surface area contributed by atoms with E-state index in [4.69, 9.17) is 0 Å². The fourth-order valence-electron chi connectivity index (χ4n) is 5.25. The summed E-state index contributed by atoms with van der Waals surface area (Å²) in [4.78, 5) is 16.0. The van der Waals surface area contributed by atoms with E-state index < -0.39 is 5.60 Å². The first-order valence-corrected chi connectivity index (χ1v) is 12.6. The SMILES string of the molecule is CCC1(O)CCc2ccc(Nc3nc(Nc4ccc(N5CCNC6(CC6)C5)cc4)ncc3C#N)nc21. The molecule has 184 valence electrons. The number of aliphatic hydroxyl groups is 1. The van der Waals surface area contributed by atoms with E-state index in [0.29, 0.717) is 47.2 Å². The molecule has 9 nitrogen and oxygen atoms in total. The number of benzene rings is 1. The van der Waals surface area contributed by atoms with Crippen LogP contribution in [0.4, 0.5) is 29.0 Å². The van der Waals surface area contributed by atoms with Crippen molar-refractivity contribution in [1.82, 2.24) is 20.3 Å². The van der Waals surface area contributed by atoms with E-state index in [0.717, 1.165) is 37.3 Å². The first-order valence-electron chi connectivity index (χ1n) is 12.6. The van der Waals surface area contributed by atoms with Crippen LogP contribution in [0.5, 0.6) is 0 Å². The van der Waals surface area contributed by atoms with Crippen LogP contribution < -0.4 is 20.9 Å². The molecule has 0 radical (unpaired) electrons. The van der Waals surface area contributed by atoms with Crippen LogP contribution >= 0.6 is 0 Å². The summed E-state index contributed by atoms with van der Waals surface area (Å²) in [5.41, 5.74) is 3.60. The second-order valence-electron chi connectivity index (χ2n) is 10.1. The number of anilines is 5. The molecule has 2 fully saturated rings. The number of hydrogen-bond acceptors (Lipinski definition) is 9. The summed E-state index contributed by atoms with van der Waals surface area (Å²) in [5, 5.41) is 30.5. The van der Waals surface area contributed by atoms with Crippen LogP contribution in [0.2, 0.25) is 0 Å². The Morgan fingerprint density at radius 1 is 1.11 bits per heavy atom. The highest BCUT2D eigenvalue weighted by Gasteiger charge is 2.45. The molecule has 2 aromatic heterocycles. The highest BCUT2D eigenvalue weighted by atomic mass is 16.3. The molecule has 1 aliphatic heterocycles. The van der Waals surface area contributed by atoms with Crippen LogP contribution in [-0.4, -0.2) is 45.2 Å². The Labute approximate surface area is 210 Å². The second kappa shape index (κ2) is 8.73. The van der Waals surface area contributed by atoms with Gasteiger partial charge in [0, 0.05) is 36.5 Å². The summed E-state index contributed by atoms with van der Waals surface area (Å²) in [6.45, 7) is 5.05. The third-order valence-corrected chi connectivity index (χ3v) is 7.69. The van der Waals surface area contributed by atoms with Crippen molar-refractivity contribution in [2.45, 2.75) is 50.2 Å². The maximum absolute atomic E-state index is 10.9. The average Bonchev–Trinajstić information content (AvgIpc) is 3.57. The van der Waals surface area contributed by atoms with Crippen LogP contribution in [0.3, 0.4) is 0 Å². The molecule has 1 saturated heterocycles. The summed E-state index contributed by atoms with van der Waals surface area (Å²) < 4.78 is 0. The van der Waals surface area contributed by atoms with Gasteiger partial charge >= 0.3 is 0 Å². The molecule has 0 bridgehead atoms. The average molecular weight is 483 g/mol.